The quantitative estimate of drug-likeness (QED) is 0.917. The van der Waals surface area contributed by atoms with E-state index in [1.54, 1.807) is 13.8 Å². The van der Waals surface area contributed by atoms with Gasteiger partial charge in [0.15, 0.2) is 5.69 Å². The molecule has 98 valence electrons. The fourth-order valence-corrected chi connectivity index (χ4v) is 1.66. The molecule has 1 heterocycles. The molecule has 0 aliphatic rings. The number of halogens is 4. The van der Waals surface area contributed by atoms with Crippen LogP contribution in [0.15, 0.2) is 0 Å². The Morgan fingerprint density at radius 2 is 1.88 bits per heavy atom. The third kappa shape index (κ3) is 3.13. The van der Waals surface area contributed by atoms with Crippen LogP contribution in [0.5, 0.6) is 0 Å². The van der Waals surface area contributed by atoms with Crippen LogP contribution in [0.4, 0.5) is 13.2 Å². The highest BCUT2D eigenvalue weighted by Crippen LogP contribution is 2.37. The molecule has 0 aliphatic heterocycles. The van der Waals surface area contributed by atoms with Gasteiger partial charge in [-0.1, -0.05) is 25.4 Å². The van der Waals surface area contributed by atoms with E-state index in [1.165, 1.54) is 7.05 Å². The van der Waals surface area contributed by atoms with E-state index in [4.69, 9.17) is 16.7 Å². The number of rotatable bonds is 3. The van der Waals surface area contributed by atoms with Crippen molar-refractivity contribution in [3.63, 3.8) is 0 Å². The van der Waals surface area contributed by atoms with E-state index >= 15 is 0 Å². The summed E-state index contributed by atoms with van der Waals surface area (Å²) in [4.78, 5) is 0. The van der Waals surface area contributed by atoms with Gasteiger partial charge >= 0.3 is 6.18 Å². The van der Waals surface area contributed by atoms with Crippen molar-refractivity contribution in [3.05, 3.63) is 16.4 Å². The summed E-state index contributed by atoms with van der Waals surface area (Å²) in [5, 5.41) is 12.4. The molecule has 0 saturated heterocycles. The number of nitrogens with zero attached hydrogens (tertiary/aromatic N) is 2. The van der Waals surface area contributed by atoms with Crippen LogP contribution in [-0.4, -0.2) is 21.5 Å². The third-order valence-corrected chi connectivity index (χ3v) is 2.89. The zero-order valence-corrected chi connectivity index (χ0v) is 10.5. The maximum atomic E-state index is 12.7. The molecule has 0 aromatic carbocycles. The molecule has 0 aliphatic carbocycles. The van der Waals surface area contributed by atoms with Gasteiger partial charge in [-0.25, -0.2) is 0 Å². The maximum absolute atomic E-state index is 12.7. The average Bonchev–Trinajstić information content (AvgIpc) is 2.45. The highest BCUT2D eigenvalue weighted by molar-refractivity contribution is 6.30. The minimum Gasteiger partial charge on any atom is -0.396 e. The van der Waals surface area contributed by atoms with Crippen LogP contribution >= 0.6 is 11.6 Å². The molecule has 0 radical (unpaired) electrons. The normalized spacial score (nSPS) is 13.2. The van der Waals surface area contributed by atoms with Gasteiger partial charge in [0.25, 0.3) is 0 Å². The van der Waals surface area contributed by atoms with E-state index < -0.39 is 17.3 Å². The van der Waals surface area contributed by atoms with Crippen LogP contribution in [0.3, 0.4) is 0 Å². The molecule has 0 atom stereocenters. The number of alkyl halides is 3. The maximum Gasteiger partial charge on any atom is 0.435 e. The number of aliphatic hydroxyl groups excluding tert-OH is 1. The Bertz CT molecular complexity index is 412. The summed E-state index contributed by atoms with van der Waals surface area (Å²) in [5.41, 5.74) is -1.72. The van der Waals surface area contributed by atoms with E-state index in [1.807, 2.05) is 0 Å². The van der Waals surface area contributed by atoms with Gasteiger partial charge in [0.2, 0.25) is 0 Å². The van der Waals surface area contributed by atoms with Gasteiger partial charge < -0.3 is 5.11 Å². The second-order valence-electron chi connectivity index (χ2n) is 4.74. The number of aryl methyl sites for hydroxylation is 1. The van der Waals surface area contributed by atoms with E-state index in [0.717, 1.165) is 4.68 Å². The number of aliphatic hydroxyl groups is 1. The highest BCUT2D eigenvalue weighted by atomic mass is 35.5. The molecule has 0 saturated carbocycles. The van der Waals surface area contributed by atoms with Gasteiger partial charge in [-0.05, 0) is 11.8 Å². The van der Waals surface area contributed by atoms with Crippen molar-refractivity contribution < 1.29 is 18.3 Å². The van der Waals surface area contributed by atoms with Crippen molar-refractivity contribution in [1.82, 2.24) is 9.78 Å². The van der Waals surface area contributed by atoms with Gasteiger partial charge in [0.05, 0.1) is 0 Å². The first-order chi connectivity index (χ1) is 7.58. The van der Waals surface area contributed by atoms with Gasteiger partial charge in [0.1, 0.15) is 5.15 Å². The minimum atomic E-state index is -4.54. The first kappa shape index (κ1) is 14.3. The summed E-state index contributed by atoms with van der Waals surface area (Å²) in [5.74, 6) is 0. The summed E-state index contributed by atoms with van der Waals surface area (Å²) < 4.78 is 39.2. The number of hydrogen-bond donors (Lipinski definition) is 1. The molecular formula is C10H14ClF3N2O. The predicted molar refractivity (Wildman–Crippen MR) is 57.8 cm³/mol. The molecule has 0 bridgehead atoms. The van der Waals surface area contributed by atoms with Crippen molar-refractivity contribution in [2.75, 3.05) is 6.61 Å². The Hall–Kier alpha value is -0.750. The van der Waals surface area contributed by atoms with E-state index in [2.05, 4.69) is 5.10 Å². The lowest BCUT2D eigenvalue weighted by Gasteiger charge is -2.21. The molecular weight excluding hydrogens is 257 g/mol. The summed E-state index contributed by atoms with van der Waals surface area (Å²) in [6.45, 7) is 3.10. The number of aromatic nitrogens is 2. The molecule has 0 spiro atoms. The van der Waals surface area contributed by atoms with Crippen LogP contribution in [0.2, 0.25) is 5.15 Å². The van der Waals surface area contributed by atoms with Gasteiger partial charge in [-0.15, -0.1) is 0 Å². The van der Waals surface area contributed by atoms with Crippen molar-refractivity contribution >= 4 is 11.6 Å². The monoisotopic (exact) mass is 270 g/mol. The molecule has 0 fully saturated rings. The van der Waals surface area contributed by atoms with Crippen LogP contribution in [-0.2, 0) is 19.6 Å². The molecule has 1 aromatic heterocycles. The van der Waals surface area contributed by atoms with Crippen LogP contribution in [0, 0.1) is 5.41 Å². The largest absolute Gasteiger partial charge is 0.435 e. The molecule has 7 heteroatoms. The topological polar surface area (TPSA) is 38.0 Å². The lowest BCUT2D eigenvalue weighted by Crippen LogP contribution is -2.22. The van der Waals surface area contributed by atoms with Crippen LogP contribution in [0.1, 0.15) is 25.1 Å². The first-order valence-electron chi connectivity index (χ1n) is 4.98. The fourth-order valence-electron chi connectivity index (χ4n) is 1.47. The summed E-state index contributed by atoms with van der Waals surface area (Å²) in [7, 11) is 1.35. The molecule has 0 unspecified atom stereocenters. The van der Waals surface area contributed by atoms with E-state index in [9.17, 15) is 13.2 Å². The first-order valence-corrected chi connectivity index (χ1v) is 5.36. The third-order valence-electron chi connectivity index (χ3n) is 2.42. The number of hydrogen-bond acceptors (Lipinski definition) is 2. The van der Waals surface area contributed by atoms with Crippen molar-refractivity contribution in [2.24, 2.45) is 12.5 Å². The SMILES string of the molecule is Cn1nc(C(F)(F)F)c(CC(C)(C)CO)c1Cl. The van der Waals surface area contributed by atoms with Crippen molar-refractivity contribution in [2.45, 2.75) is 26.4 Å². The Labute approximate surface area is 102 Å². The van der Waals surface area contributed by atoms with Gasteiger partial charge in [0, 0.05) is 19.2 Å². The Kier molecular flexibility index (Phi) is 3.78. The zero-order chi connectivity index (χ0) is 13.4. The Morgan fingerprint density at radius 3 is 2.29 bits per heavy atom. The van der Waals surface area contributed by atoms with Crippen LogP contribution in [0.25, 0.3) is 0 Å². The van der Waals surface area contributed by atoms with E-state index in [0.29, 0.717) is 0 Å². The average molecular weight is 271 g/mol. The predicted octanol–water partition coefficient (Wildman–Crippen LogP) is 2.65. The molecule has 17 heavy (non-hydrogen) atoms. The lowest BCUT2D eigenvalue weighted by atomic mass is 9.87. The van der Waals surface area contributed by atoms with Crippen LogP contribution < -0.4 is 0 Å². The molecule has 0 amide bonds. The summed E-state index contributed by atoms with van der Waals surface area (Å²) in [6.07, 6.45) is -4.52. The second-order valence-corrected chi connectivity index (χ2v) is 5.10. The molecule has 3 nitrogen and oxygen atoms in total. The minimum absolute atomic E-state index is 0.0189. The fraction of sp³-hybridized carbons (Fsp3) is 0.700. The van der Waals surface area contributed by atoms with Gasteiger partial charge in [-0.2, -0.15) is 18.3 Å². The standard InChI is InChI=1S/C10H14ClF3N2O/c1-9(2,5-17)4-6-7(10(12,13)14)15-16(3)8(6)11/h17H,4-5H2,1-3H3. The Morgan fingerprint density at radius 1 is 1.35 bits per heavy atom. The van der Waals surface area contributed by atoms with Crippen molar-refractivity contribution in [3.8, 4) is 0 Å². The molecule has 1 rings (SSSR count). The zero-order valence-electron chi connectivity index (χ0n) is 9.77. The van der Waals surface area contributed by atoms with E-state index in [-0.39, 0.29) is 23.7 Å². The Balaban J connectivity index is 3.23. The highest BCUT2D eigenvalue weighted by Gasteiger charge is 2.39. The van der Waals surface area contributed by atoms with Crippen molar-refractivity contribution in [1.29, 1.82) is 0 Å². The molecule has 1 N–H and O–H groups in total. The molecule has 1 aromatic rings. The second kappa shape index (κ2) is 4.49. The summed E-state index contributed by atoms with van der Waals surface area (Å²) in [6, 6.07) is 0. The lowest BCUT2D eigenvalue weighted by molar-refractivity contribution is -0.142. The summed E-state index contributed by atoms with van der Waals surface area (Å²) >= 11 is 5.80. The smallest absolute Gasteiger partial charge is 0.396 e. The van der Waals surface area contributed by atoms with Gasteiger partial charge in [-0.3, -0.25) is 4.68 Å².